The molecule has 0 aliphatic rings. The van der Waals surface area contributed by atoms with E-state index in [1.54, 1.807) is 78.9 Å². The number of aliphatic imine (C=N–C) groups is 1. The van der Waals surface area contributed by atoms with Crippen LogP contribution in [0.2, 0.25) is 5.02 Å². The van der Waals surface area contributed by atoms with Gasteiger partial charge in [0.2, 0.25) is 11.8 Å². The average Bonchev–Trinajstić information content (AvgIpc) is 2.97. The molecule has 0 saturated carbocycles. The third-order valence-corrected chi connectivity index (χ3v) is 6.45. The molecule has 11 nitrogen and oxygen atoms in total. The van der Waals surface area contributed by atoms with Gasteiger partial charge in [0.05, 0.1) is 17.4 Å². The minimum atomic E-state index is -1.11. The smallest absolute Gasteiger partial charge is 0.251 e. The van der Waals surface area contributed by atoms with Gasteiger partial charge in [-0.2, -0.15) is 0 Å². The van der Waals surface area contributed by atoms with Crippen LogP contribution >= 0.6 is 11.6 Å². The second-order valence-corrected chi connectivity index (χ2v) is 9.93. The second-order valence-electron chi connectivity index (χ2n) is 9.49. The maximum atomic E-state index is 13.7. The molecule has 3 amide bonds. The summed E-state index contributed by atoms with van der Waals surface area (Å²) in [7, 11) is 0. The first kappa shape index (κ1) is 30.6. The number of hydrogen-bond donors (Lipinski definition) is 6. The Morgan fingerprint density at radius 2 is 1.56 bits per heavy atom. The van der Waals surface area contributed by atoms with Crippen molar-refractivity contribution >= 4 is 46.7 Å². The number of ether oxygens (including phenoxy) is 1. The molecule has 2 atom stereocenters. The zero-order valence-electron chi connectivity index (χ0n) is 22.9. The summed E-state index contributed by atoms with van der Waals surface area (Å²) in [6.45, 7) is 0. The zero-order chi connectivity index (χ0) is 30.9. The van der Waals surface area contributed by atoms with E-state index in [0.29, 0.717) is 22.0 Å². The first-order valence-corrected chi connectivity index (χ1v) is 13.4. The van der Waals surface area contributed by atoms with Crippen LogP contribution in [0.5, 0.6) is 11.5 Å². The Morgan fingerprint density at radius 1 is 0.837 bits per heavy atom. The van der Waals surface area contributed by atoms with Gasteiger partial charge in [-0.25, -0.2) is 4.99 Å². The summed E-state index contributed by atoms with van der Waals surface area (Å²) in [6.07, 6.45) is 0.198. The molecule has 220 valence electrons. The molecule has 0 aromatic heterocycles. The Kier molecular flexibility index (Phi) is 9.94. The number of anilines is 1. The van der Waals surface area contributed by atoms with Crippen LogP contribution in [0.1, 0.15) is 27.5 Å². The Morgan fingerprint density at radius 3 is 2.21 bits per heavy atom. The molecule has 0 radical (unpaired) electrons. The van der Waals surface area contributed by atoms with Gasteiger partial charge in [-0.05, 0) is 66.1 Å². The predicted octanol–water partition coefficient (Wildman–Crippen LogP) is 3.50. The predicted molar refractivity (Wildman–Crippen MR) is 166 cm³/mol. The van der Waals surface area contributed by atoms with E-state index in [0.717, 1.165) is 5.56 Å². The monoisotopic (exact) mass is 599 g/mol. The minimum absolute atomic E-state index is 0.0685. The van der Waals surface area contributed by atoms with Crippen molar-refractivity contribution in [2.45, 2.75) is 18.5 Å². The Balaban J connectivity index is 1.55. The maximum Gasteiger partial charge on any atom is 0.251 e. The standard InChI is InChI=1S/C31H30ClN7O4/c32-21-7-4-8-23(17-21)43-26-16-20(28(34)40)11-14-25(26)38-30(42)27(19-5-2-1-3-6-19)39-29(41)24(33)15-18-9-12-22(13-10-18)37-31(35)36/h1-14,16-17,24,27H,15,33H2,(H2,34,40)(H,38,42)(H,39,41)(H4,35,36,37)/t24-,27-/m0/s1. The van der Waals surface area contributed by atoms with E-state index in [-0.39, 0.29) is 29.4 Å². The molecule has 0 spiro atoms. The number of rotatable bonds is 11. The minimum Gasteiger partial charge on any atom is -0.455 e. The van der Waals surface area contributed by atoms with Crippen LogP contribution in [0, 0.1) is 0 Å². The molecule has 0 unspecified atom stereocenters. The molecular weight excluding hydrogens is 570 g/mol. The fourth-order valence-corrected chi connectivity index (χ4v) is 4.30. The number of nitrogens with one attached hydrogen (secondary N) is 2. The van der Waals surface area contributed by atoms with Crippen LogP contribution in [-0.4, -0.2) is 29.7 Å². The summed E-state index contributed by atoms with van der Waals surface area (Å²) in [4.78, 5) is 42.7. The van der Waals surface area contributed by atoms with Gasteiger partial charge in [0.25, 0.3) is 5.91 Å². The third-order valence-electron chi connectivity index (χ3n) is 6.22. The van der Waals surface area contributed by atoms with E-state index in [1.807, 2.05) is 0 Å². The first-order chi connectivity index (χ1) is 20.6. The number of carbonyl (C=O) groups excluding carboxylic acids is 3. The molecule has 0 aliphatic carbocycles. The van der Waals surface area contributed by atoms with Gasteiger partial charge in [0.15, 0.2) is 11.7 Å². The number of primary amides is 1. The number of halogens is 1. The van der Waals surface area contributed by atoms with Gasteiger partial charge in [-0.3, -0.25) is 14.4 Å². The molecule has 4 aromatic carbocycles. The third kappa shape index (κ3) is 8.55. The van der Waals surface area contributed by atoms with E-state index in [9.17, 15) is 14.4 Å². The number of nitrogens with zero attached hydrogens (tertiary/aromatic N) is 1. The Labute approximate surface area is 252 Å². The van der Waals surface area contributed by atoms with E-state index >= 15 is 0 Å². The zero-order valence-corrected chi connectivity index (χ0v) is 23.6. The van der Waals surface area contributed by atoms with E-state index in [4.69, 9.17) is 39.3 Å². The van der Waals surface area contributed by atoms with E-state index < -0.39 is 29.8 Å². The highest BCUT2D eigenvalue weighted by Gasteiger charge is 2.26. The lowest BCUT2D eigenvalue weighted by atomic mass is 10.0. The largest absolute Gasteiger partial charge is 0.455 e. The highest BCUT2D eigenvalue weighted by molar-refractivity contribution is 6.30. The summed E-state index contributed by atoms with van der Waals surface area (Å²) < 4.78 is 5.95. The lowest BCUT2D eigenvalue weighted by Gasteiger charge is -2.22. The number of guanidine groups is 1. The van der Waals surface area contributed by atoms with Crippen LogP contribution in [0.15, 0.2) is 102 Å². The topological polar surface area (TPSA) is 201 Å². The van der Waals surface area contributed by atoms with E-state index in [2.05, 4.69) is 15.6 Å². The summed E-state index contributed by atoms with van der Waals surface area (Å²) in [5, 5.41) is 5.97. The van der Waals surface area contributed by atoms with Crippen molar-refractivity contribution in [3.8, 4) is 11.5 Å². The Bertz CT molecular complexity index is 1640. The van der Waals surface area contributed by atoms with Crippen molar-refractivity contribution in [1.29, 1.82) is 0 Å². The summed E-state index contributed by atoms with van der Waals surface area (Å²) >= 11 is 6.09. The molecule has 0 bridgehead atoms. The average molecular weight is 600 g/mol. The number of benzene rings is 4. The quantitative estimate of drug-likeness (QED) is 0.112. The fourth-order valence-electron chi connectivity index (χ4n) is 4.12. The molecule has 12 heteroatoms. The Hall–Kier alpha value is -5.39. The molecule has 4 aromatic rings. The number of nitrogens with two attached hydrogens (primary N) is 4. The molecule has 0 saturated heterocycles. The lowest BCUT2D eigenvalue weighted by molar-refractivity contribution is -0.127. The first-order valence-electron chi connectivity index (χ1n) is 13.1. The number of carbonyl (C=O) groups is 3. The van der Waals surface area contributed by atoms with Crippen LogP contribution in [0.25, 0.3) is 0 Å². The fraction of sp³-hybridized carbons (Fsp3) is 0.0968. The molecule has 0 heterocycles. The molecule has 10 N–H and O–H groups in total. The summed E-state index contributed by atoms with van der Waals surface area (Å²) in [6, 6.07) is 24.5. The summed E-state index contributed by atoms with van der Waals surface area (Å²) in [5.74, 6) is -1.35. The maximum absolute atomic E-state index is 13.7. The van der Waals surface area contributed by atoms with Crippen molar-refractivity contribution < 1.29 is 19.1 Å². The van der Waals surface area contributed by atoms with Crippen LogP contribution in [0.3, 0.4) is 0 Å². The van der Waals surface area contributed by atoms with Crippen molar-refractivity contribution in [2.24, 2.45) is 27.9 Å². The van der Waals surface area contributed by atoms with Crippen LogP contribution in [-0.2, 0) is 16.0 Å². The van der Waals surface area contributed by atoms with Gasteiger partial charge in [0, 0.05) is 10.6 Å². The second kappa shape index (κ2) is 14.0. The number of hydrogen-bond acceptors (Lipinski definition) is 6. The van der Waals surface area contributed by atoms with Gasteiger partial charge in [-0.1, -0.05) is 60.1 Å². The van der Waals surface area contributed by atoms with Crippen molar-refractivity contribution in [3.05, 3.63) is 119 Å². The molecule has 0 aliphatic heterocycles. The normalized spacial score (nSPS) is 12.0. The molecule has 43 heavy (non-hydrogen) atoms. The van der Waals surface area contributed by atoms with Gasteiger partial charge in [0.1, 0.15) is 11.8 Å². The van der Waals surface area contributed by atoms with Crippen molar-refractivity contribution in [3.63, 3.8) is 0 Å². The van der Waals surface area contributed by atoms with Crippen LogP contribution in [0.4, 0.5) is 11.4 Å². The van der Waals surface area contributed by atoms with Gasteiger partial charge in [-0.15, -0.1) is 0 Å². The highest BCUT2D eigenvalue weighted by atomic mass is 35.5. The van der Waals surface area contributed by atoms with Crippen molar-refractivity contribution in [2.75, 3.05) is 5.32 Å². The molecule has 4 rings (SSSR count). The highest BCUT2D eigenvalue weighted by Crippen LogP contribution is 2.32. The van der Waals surface area contributed by atoms with Gasteiger partial charge >= 0.3 is 0 Å². The van der Waals surface area contributed by atoms with Crippen LogP contribution < -0.4 is 38.3 Å². The van der Waals surface area contributed by atoms with Crippen molar-refractivity contribution in [1.82, 2.24) is 5.32 Å². The lowest BCUT2D eigenvalue weighted by Crippen LogP contribution is -2.46. The SMILES string of the molecule is NC(=O)c1ccc(NC(=O)[C@@H](NC(=O)[C@@H](N)Cc2ccc(N=C(N)N)cc2)c2ccccc2)c(Oc2cccc(Cl)c2)c1. The van der Waals surface area contributed by atoms with Gasteiger partial charge < -0.3 is 38.3 Å². The van der Waals surface area contributed by atoms with E-state index in [1.165, 1.54) is 18.2 Å². The number of amides is 3. The molecule has 0 fully saturated rings. The summed E-state index contributed by atoms with van der Waals surface area (Å²) in [5.41, 5.74) is 24.8. The molecular formula is C31H30ClN7O4.